The molecule has 12 rings (SSSR count). The number of pyridine rings is 1. The maximum atomic E-state index is 14.3. The Morgan fingerprint density at radius 2 is 0.926 bits per heavy atom. The summed E-state index contributed by atoms with van der Waals surface area (Å²) in [6.07, 6.45) is 0. The van der Waals surface area contributed by atoms with Crippen molar-refractivity contribution in [2.45, 2.75) is 0 Å². The van der Waals surface area contributed by atoms with Crippen molar-refractivity contribution < 1.29 is 8.83 Å². The molecule has 0 amide bonds. The molecular weight excluding hydrogens is 665 g/mol. The highest BCUT2D eigenvalue weighted by molar-refractivity contribution is 6.38. The second-order valence-corrected chi connectivity index (χ2v) is 14.0. The minimum absolute atomic E-state index is 0.0135. The van der Waals surface area contributed by atoms with Gasteiger partial charge < -0.3 is 18.0 Å². The molecule has 252 valence electrons. The maximum Gasteiger partial charge on any atom is 0.197 e. The second kappa shape index (κ2) is 10.8. The van der Waals surface area contributed by atoms with Crippen LogP contribution in [-0.4, -0.2) is 9.13 Å². The predicted octanol–water partition coefficient (Wildman–Crippen LogP) is 12.7. The molecule has 0 saturated carbocycles. The molecule has 4 heterocycles. The number of hydrogen-bond acceptors (Lipinski definition) is 3. The van der Waals surface area contributed by atoms with E-state index in [9.17, 15) is 4.79 Å². The zero-order chi connectivity index (χ0) is 35.5. The Morgan fingerprint density at radius 1 is 0.370 bits per heavy atom. The van der Waals surface area contributed by atoms with Gasteiger partial charge >= 0.3 is 0 Å². The Labute approximate surface area is 307 Å². The molecule has 0 saturated heterocycles. The van der Waals surface area contributed by atoms with Gasteiger partial charge in [-0.05, 0) is 71.8 Å². The topological polar surface area (TPSA) is 53.2 Å². The smallest absolute Gasteiger partial charge is 0.197 e. The fourth-order valence-electron chi connectivity index (χ4n) is 8.80. The molecule has 0 spiro atoms. The molecule has 0 aliphatic rings. The molecule has 8 aromatic carbocycles. The highest BCUT2D eigenvalue weighted by Crippen LogP contribution is 2.48. The summed E-state index contributed by atoms with van der Waals surface area (Å²) in [5.41, 5.74) is 11.0. The molecule has 0 bridgehead atoms. The maximum absolute atomic E-state index is 14.3. The first kappa shape index (κ1) is 29.2. The van der Waals surface area contributed by atoms with Crippen molar-refractivity contribution >= 4 is 87.5 Å². The summed E-state index contributed by atoms with van der Waals surface area (Å²) in [4.78, 5) is 14.3. The minimum Gasteiger partial charge on any atom is -0.452 e. The summed E-state index contributed by atoms with van der Waals surface area (Å²) in [5, 5.41) is 7.65. The quantitative estimate of drug-likeness (QED) is 0.173. The van der Waals surface area contributed by atoms with Gasteiger partial charge in [-0.15, -0.1) is 0 Å². The van der Waals surface area contributed by atoms with E-state index in [4.69, 9.17) is 8.83 Å². The molecule has 4 aromatic heterocycles. The third kappa shape index (κ3) is 3.90. The summed E-state index contributed by atoms with van der Waals surface area (Å²) < 4.78 is 17.9. The van der Waals surface area contributed by atoms with Crippen molar-refractivity contribution in [3.05, 3.63) is 180 Å². The van der Waals surface area contributed by atoms with Crippen LogP contribution in [0.4, 0.5) is 0 Å². The monoisotopic (exact) mass is 692 g/mol. The molecule has 0 fully saturated rings. The third-order valence-corrected chi connectivity index (χ3v) is 11.1. The average Bonchev–Trinajstić information content (AvgIpc) is 3.91. The Morgan fingerprint density at radius 3 is 1.69 bits per heavy atom. The summed E-state index contributed by atoms with van der Waals surface area (Å²) in [5.74, 6) is 0. The van der Waals surface area contributed by atoms with Crippen molar-refractivity contribution in [1.82, 2.24) is 9.13 Å². The number of para-hydroxylation sites is 4. The van der Waals surface area contributed by atoms with Crippen LogP contribution in [0, 0.1) is 0 Å². The predicted molar refractivity (Wildman–Crippen MR) is 221 cm³/mol. The number of nitrogens with zero attached hydrogens (tertiary/aromatic N) is 2. The van der Waals surface area contributed by atoms with Gasteiger partial charge in [0.1, 0.15) is 11.2 Å². The van der Waals surface area contributed by atoms with E-state index in [1.54, 1.807) is 0 Å². The standard InChI is InChI=1S/C49H28N2O3/c52-47-34-18-5-9-22-39(34)50(31-16-12-15-30(27-31)29-13-2-1-3-14-29)40-28-32(25-26-35(40)47)51-38-21-8-4-17-33(38)43-44-36-19-6-10-23-41(36)53-48(44)49-45(46(43)51)37-20-7-11-24-42(37)54-49/h1-28H. The Kier molecular flexibility index (Phi) is 5.86. The number of benzene rings is 8. The van der Waals surface area contributed by atoms with E-state index in [-0.39, 0.29) is 5.43 Å². The van der Waals surface area contributed by atoms with Crippen LogP contribution in [0.3, 0.4) is 0 Å². The summed E-state index contributed by atoms with van der Waals surface area (Å²) in [6, 6.07) is 58.1. The third-order valence-electron chi connectivity index (χ3n) is 11.1. The molecule has 0 radical (unpaired) electrons. The highest BCUT2D eigenvalue weighted by Gasteiger charge is 2.26. The van der Waals surface area contributed by atoms with Gasteiger partial charge in [0, 0.05) is 49.1 Å². The van der Waals surface area contributed by atoms with Crippen molar-refractivity contribution in [3.8, 4) is 22.5 Å². The lowest BCUT2D eigenvalue weighted by Gasteiger charge is -2.18. The van der Waals surface area contributed by atoms with Gasteiger partial charge in [-0.1, -0.05) is 109 Å². The minimum atomic E-state index is 0.0135. The lowest BCUT2D eigenvalue weighted by atomic mass is 10.0. The lowest BCUT2D eigenvalue weighted by molar-refractivity contribution is 0.633. The largest absolute Gasteiger partial charge is 0.452 e. The van der Waals surface area contributed by atoms with Crippen LogP contribution >= 0.6 is 0 Å². The van der Waals surface area contributed by atoms with Crippen LogP contribution in [0.15, 0.2) is 183 Å². The van der Waals surface area contributed by atoms with Gasteiger partial charge in [0.15, 0.2) is 16.6 Å². The molecular formula is C49H28N2O3. The van der Waals surface area contributed by atoms with Gasteiger partial charge in [-0.3, -0.25) is 4.79 Å². The van der Waals surface area contributed by atoms with Crippen LogP contribution in [0.1, 0.15) is 0 Å². The Bertz CT molecular complexity index is 3580. The molecule has 5 heteroatoms. The van der Waals surface area contributed by atoms with Gasteiger partial charge in [0.2, 0.25) is 0 Å². The van der Waals surface area contributed by atoms with Gasteiger partial charge in [0.05, 0.1) is 27.5 Å². The summed E-state index contributed by atoms with van der Waals surface area (Å²) in [6.45, 7) is 0. The van der Waals surface area contributed by atoms with E-state index >= 15 is 0 Å². The van der Waals surface area contributed by atoms with Crippen LogP contribution in [-0.2, 0) is 0 Å². The zero-order valence-electron chi connectivity index (χ0n) is 28.8. The van der Waals surface area contributed by atoms with Gasteiger partial charge in [-0.25, -0.2) is 0 Å². The lowest BCUT2D eigenvalue weighted by Crippen LogP contribution is -2.11. The van der Waals surface area contributed by atoms with E-state index in [1.165, 1.54) is 0 Å². The number of furan rings is 2. The molecule has 0 unspecified atom stereocenters. The van der Waals surface area contributed by atoms with Crippen molar-refractivity contribution in [2.24, 2.45) is 0 Å². The van der Waals surface area contributed by atoms with Gasteiger partial charge in [-0.2, -0.15) is 0 Å². The Hall–Kier alpha value is -7.37. The average molecular weight is 693 g/mol. The normalized spacial score (nSPS) is 12.1. The SMILES string of the molecule is O=c1c2ccccc2n(-c2cccc(-c3ccccc3)c2)c2cc(-n3c4ccccc4c4c5c6ccccc6oc5c5oc6ccccc6c5c43)ccc12. The first-order valence-corrected chi connectivity index (χ1v) is 18.1. The van der Waals surface area contributed by atoms with E-state index in [2.05, 4.69) is 118 Å². The van der Waals surface area contributed by atoms with E-state index < -0.39 is 0 Å². The van der Waals surface area contributed by atoms with E-state index in [0.29, 0.717) is 10.8 Å². The molecule has 12 aromatic rings. The van der Waals surface area contributed by atoms with Crippen molar-refractivity contribution in [2.75, 3.05) is 0 Å². The first-order chi connectivity index (χ1) is 26.7. The molecule has 5 nitrogen and oxygen atoms in total. The molecule has 54 heavy (non-hydrogen) atoms. The van der Waals surface area contributed by atoms with Crippen LogP contribution < -0.4 is 5.43 Å². The van der Waals surface area contributed by atoms with Crippen LogP contribution in [0.5, 0.6) is 0 Å². The van der Waals surface area contributed by atoms with Crippen molar-refractivity contribution in [1.29, 1.82) is 0 Å². The number of rotatable bonds is 3. The van der Waals surface area contributed by atoms with Crippen molar-refractivity contribution in [3.63, 3.8) is 0 Å². The Balaban J connectivity index is 1.26. The van der Waals surface area contributed by atoms with E-state index in [1.807, 2.05) is 60.7 Å². The molecule has 0 N–H and O–H groups in total. The number of fused-ring (bicyclic) bond motifs is 14. The van der Waals surface area contributed by atoms with E-state index in [0.717, 1.165) is 99.2 Å². The second-order valence-electron chi connectivity index (χ2n) is 14.0. The van der Waals surface area contributed by atoms with Crippen LogP contribution in [0.2, 0.25) is 0 Å². The molecule has 0 atom stereocenters. The summed E-state index contributed by atoms with van der Waals surface area (Å²) >= 11 is 0. The van der Waals surface area contributed by atoms with Gasteiger partial charge in [0.25, 0.3) is 0 Å². The summed E-state index contributed by atoms with van der Waals surface area (Å²) in [7, 11) is 0. The fourth-order valence-corrected chi connectivity index (χ4v) is 8.80. The molecule has 0 aliphatic carbocycles. The zero-order valence-corrected chi connectivity index (χ0v) is 28.8. The number of aromatic nitrogens is 2. The molecule has 0 aliphatic heterocycles. The highest BCUT2D eigenvalue weighted by atomic mass is 16.4. The fraction of sp³-hybridized carbons (Fsp3) is 0. The first-order valence-electron chi connectivity index (χ1n) is 18.1. The van der Waals surface area contributed by atoms with Crippen LogP contribution in [0.25, 0.3) is 110 Å². The number of hydrogen-bond donors (Lipinski definition) is 0.